The Bertz CT molecular complexity index is 893. The third-order valence-corrected chi connectivity index (χ3v) is 5.42. The maximum atomic E-state index is 2.41. The number of anilines is 3. The average molecular weight is 327 g/mol. The molecule has 1 aliphatic heterocycles. The molecule has 1 heterocycles. The van der Waals surface area contributed by atoms with Crippen LogP contribution in [-0.2, 0) is 5.41 Å². The fourth-order valence-electron chi connectivity index (χ4n) is 3.94. The van der Waals surface area contributed by atoms with Gasteiger partial charge in [-0.3, -0.25) is 0 Å². The van der Waals surface area contributed by atoms with Crippen LogP contribution in [0.3, 0.4) is 0 Å². The van der Waals surface area contributed by atoms with Crippen LogP contribution in [-0.4, -0.2) is 0 Å². The standard InChI is InChI=1S/C24H25N/c1-16-6-10-19(11-7-16)25-22-12-8-17(2)14-20(22)24(4,5)21-15-18(3)9-13-23(21)25/h6-15H,1-5H3. The van der Waals surface area contributed by atoms with Crippen molar-refractivity contribution in [1.29, 1.82) is 0 Å². The Hall–Kier alpha value is -2.54. The molecule has 126 valence electrons. The van der Waals surface area contributed by atoms with Crippen LogP contribution in [0.5, 0.6) is 0 Å². The second-order valence-electron chi connectivity index (χ2n) is 7.84. The summed E-state index contributed by atoms with van der Waals surface area (Å²) in [5.74, 6) is 0. The summed E-state index contributed by atoms with van der Waals surface area (Å²) in [4.78, 5) is 2.41. The molecule has 0 radical (unpaired) electrons. The Balaban J connectivity index is 2.04. The van der Waals surface area contributed by atoms with E-state index in [9.17, 15) is 0 Å². The second kappa shape index (κ2) is 5.49. The minimum atomic E-state index is -0.0100. The largest absolute Gasteiger partial charge is 0.310 e. The predicted molar refractivity (Wildman–Crippen MR) is 107 cm³/mol. The van der Waals surface area contributed by atoms with Gasteiger partial charge in [-0.25, -0.2) is 0 Å². The first-order chi connectivity index (χ1) is 11.9. The fourth-order valence-corrected chi connectivity index (χ4v) is 3.94. The van der Waals surface area contributed by atoms with E-state index in [4.69, 9.17) is 0 Å². The number of benzene rings is 3. The monoisotopic (exact) mass is 327 g/mol. The smallest absolute Gasteiger partial charge is 0.0502 e. The predicted octanol–water partition coefficient (Wildman–Crippen LogP) is 6.72. The van der Waals surface area contributed by atoms with Crippen molar-refractivity contribution in [2.24, 2.45) is 0 Å². The van der Waals surface area contributed by atoms with Crippen LogP contribution in [0.15, 0.2) is 60.7 Å². The molecule has 25 heavy (non-hydrogen) atoms. The van der Waals surface area contributed by atoms with Gasteiger partial charge in [0.2, 0.25) is 0 Å². The highest BCUT2D eigenvalue weighted by atomic mass is 15.2. The Morgan fingerprint density at radius 1 is 0.600 bits per heavy atom. The minimum Gasteiger partial charge on any atom is -0.310 e. The first-order valence-corrected chi connectivity index (χ1v) is 8.97. The van der Waals surface area contributed by atoms with Crippen molar-refractivity contribution < 1.29 is 0 Å². The van der Waals surface area contributed by atoms with Crippen molar-refractivity contribution in [3.05, 3.63) is 88.5 Å². The van der Waals surface area contributed by atoms with Gasteiger partial charge in [-0.1, -0.05) is 66.9 Å². The molecule has 4 rings (SSSR count). The van der Waals surface area contributed by atoms with E-state index in [2.05, 4.69) is 100 Å². The molecule has 3 aromatic rings. The van der Waals surface area contributed by atoms with Crippen LogP contribution in [0, 0.1) is 20.8 Å². The quantitative estimate of drug-likeness (QED) is 0.479. The number of fused-ring (bicyclic) bond motifs is 2. The average Bonchev–Trinajstić information content (AvgIpc) is 2.58. The highest BCUT2D eigenvalue weighted by molar-refractivity contribution is 5.86. The fraction of sp³-hybridized carbons (Fsp3) is 0.250. The SMILES string of the molecule is Cc1ccc(N2c3ccc(C)cc3C(C)(C)c3cc(C)ccc32)cc1. The number of rotatable bonds is 1. The molecule has 0 bridgehead atoms. The lowest BCUT2D eigenvalue weighted by atomic mass is 9.72. The van der Waals surface area contributed by atoms with E-state index in [0.717, 1.165) is 0 Å². The molecule has 0 N–H and O–H groups in total. The Labute approximate surface area is 150 Å². The molecular weight excluding hydrogens is 302 g/mol. The number of aryl methyl sites for hydroxylation is 3. The third-order valence-electron chi connectivity index (χ3n) is 5.42. The molecule has 0 aromatic heterocycles. The zero-order chi connectivity index (χ0) is 17.8. The van der Waals surface area contributed by atoms with Crippen LogP contribution in [0.25, 0.3) is 0 Å². The van der Waals surface area contributed by atoms with Crippen molar-refractivity contribution in [1.82, 2.24) is 0 Å². The van der Waals surface area contributed by atoms with Gasteiger partial charge in [0.15, 0.2) is 0 Å². The summed E-state index contributed by atoms with van der Waals surface area (Å²) >= 11 is 0. The van der Waals surface area contributed by atoms with Crippen LogP contribution >= 0.6 is 0 Å². The van der Waals surface area contributed by atoms with Gasteiger partial charge in [-0.2, -0.15) is 0 Å². The molecule has 3 aromatic carbocycles. The van der Waals surface area contributed by atoms with Gasteiger partial charge in [0.05, 0.1) is 11.4 Å². The van der Waals surface area contributed by atoms with Crippen LogP contribution in [0.1, 0.15) is 41.7 Å². The summed E-state index contributed by atoms with van der Waals surface area (Å²) in [5, 5.41) is 0. The number of nitrogens with zero attached hydrogens (tertiary/aromatic N) is 1. The summed E-state index contributed by atoms with van der Waals surface area (Å²) in [5.41, 5.74) is 10.5. The van der Waals surface area contributed by atoms with Gasteiger partial charge >= 0.3 is 0 Å². The van der Waals surface area contributed by atoms with Crippen LogP contribution in [0.2, 0.25) is 0 Å². The van der Waals surface area contributed by atoms with Gasteiger partial charge in [-0.05, 0) is 56.2 Å². The van der Waals surface area contributed by atoms with Gasteiger partial charge in [0.1, 0.15) is 0 Å². The normalized spacial score (nSPS) is 14.8. The molecule has 0 fully saturated rings. The van der Waals surface area contributed by atoms with Gasteiger partial charge in [-0.15, -0.1) is 0 Å². The molecule has 0 atom stereocenters. The Morgan fingerprint density at radius 2 is 1.04 bits per heavy atom. The van der Waals surface area contributed by atoms with Gasteiger partial charge in [0.25, 0.3) is 0 Å². The molecular formula is C24H25N. The van der Waals surface area contributed by atoms with E-state index in [-0.39, 0.29) is 5.41 Å². The highest BCUT2D eigenvalue weighted by Gasteiger charge is 2.36. The number of hydrogen-bond acceptors (Lipinski definition) is 1. The molecule has 1 aliphatic rings. The van der Waals surface area contributed by atoms with Crippen molar-refractivity contribution in [3.63, 3.8) is 0 Å². The van der Waals surface area contributed by atoms with Crippen molar-refractivity contribution in [2.45, 2.75) is 40.0 Å². The lowest BCUT2D eigenvalue weighted by Gasteiger charge is -2.42. The molecule has 0 spiro atoms. The lowest BCUT2D eigenvalue weighted by molar-refractivity contribution is 0.630. The van der Waals surface area contributed by atoms with E-state index in [1.807, 2.05) is 0 Å². The van der Waals surface area contributed by atoms with E-state index in [1.165, 1.54) is 44.9 Å². The van der Waals surface area contributed by atoms with E-state index in [0.29, 0.717) is 0 Å². The van der Waals surface area contributed by atoms with Crippen molar-refractivity contribution >= 4 is 17.1 Å². The first-order valence-electron chi connectivity index (χ1n) is 8.97. The first kappa shape index (κ1) is 16.0. The molecule has 1 heteroatoms. The molecule has 0 aliphatic carbocycles. The topological polar surface area (TPSA) is 3.24 Å². The Kier molecular flexibility index (Phi) is 3.50. The summed E-state index contributed by atoms with van der Waals surface area (Å²) in [6, 6.07) is 22.5. The molecule has 0 saturated carbocycles. The summed E-state index contributed by atoms with van der Waals surface area (Å²) in [6.45, 7) is 11.2. The zero-order valence-corrected chi connectivity index (χ0v) is 15.7. The number of hydrogen-bond donors (Lipinski definition) is 0. The molecule has 1 nitrogen and oxygen atoms in total. The van der Waals surface area contributed by atoms with Crippen LogP contribution < -0.4 is 4.90 Å². The van der Waals surface area contributed by atoms with Crippen LogP contribution in [0.4, 0.5) is 17.1 Å². The highest BCUT2D eigenvalue weighted by Crippen LogP contribution is 2.52. The summed E-state index contributed by atoms with van der Waals surface area (Å²) < 4.78 is 0. The van der Waals surface area contributed by atoms with Gasteiger partial charge < -0.3 is 4.90 Å². The van der Waals surface area contributed by atoms with E-state index in [1.54, 1.807) is 0 Å². The summed E-state index contributed by atoms with van der Waals surface area (Å²) in [7, 11) is 0. The van der Waals surface area contributed by atoms with Crippen molar-refractivity contribution in [2.75, 3.05) is 4.90 Å². The molecule has 0 saturated heterocycles. The van der Waals surface area contributed by atoms with Crippen molar-refractivity contribution in [3.8, 4) is 0 Å². The minimum absolute atomic E-state index is 0.0100. The maximum absolute atomic E-state index is 2.41. The second-order valence-corrected chi connectivity index (χ2v) is 7.84. The van der Waals surface area contributed by atoms with E-state index < -0.39 is 0 Å². The lowest BCUT2D eigenvalue weighted by Crippen LogP contribution is -2.30. The van der Waals surface area contributed by atoms with Gasteiger partial charge in [0, 0.05) is 11.1 Å². The Morgan fingerprint density at radius 3 is 1.52 bits per heavy atom. The third kappa shape index (κ3) is 2.46. The maximum Gasteiger partial charge on any atom is 0.0502 e. The zero-order valence-electron chi connectivity index (χ0n) is 15.7. The molecule has 0 unspecified atom stereocenters. The summed E-state index contributed by atoms with van der Waals surface area (Å²) in [6.07, 6.45) is 0. The molecule has 0 amide bonds. The van der Waals surface area contributed by atoms with E-state index >= 15 is 0 Å².